The molecule has 5 heteroatoms. The molecule has 1 aromatic carbocycles. The lowest BCUT2D eigenvalue weighted by Crippen LogP contribution is -2.33. The van der Waals surface area contributed by atoms with Crippen molar-refractivity contribution in [2.45, 2.75) is 45.0 Å². The summed E-state index contributed by atoms with van der Waals surface area (Å²) < 4.78 is 2.05. The van der Waals surface area contributed by atoms with Gasteiger partial charge in [0.15, 0.2) is 5.16 Å². The van der Waals surface area contributed by atoms with Gasteiger partial charge < -0.3 is 5.32 Å². The standard InChI is InChI=1S/C18H25N3OS/c1-12(2)11-20-17(22)15(5)23-18-19-8-9-21(18)16-7-6-13(3)10-14(16)4/h6-10,12,15H,11H2,1-5H3,(H,20,22). The van der Waals surface area contributed by atoms with E-state index in [9.17, 15) is 4.79 Å². The molecule has 0 aliphatic carbocycles. The van der Waals surface area contributed by atoms with Crippen LogP contribution in [0.25, 0.3) is 5.69 Å². The second-order valence-corrected chi connectivity index (χ2v) is 7.58. The minimum atomic E-state index is -0.180. The number of aryl methyl sites for hydroxylation is 2. The maximum absolute atomic E-state index is 12.2. The second kappa shape index (κ2) is 7.68. The number of carbonyl (C=O) groups excluding carboxylic acids is 1. The number of rotatable bonds is 6. The first-order valence-corrected chi connectivity index (χ1v) is 8.81. The molecule has 23 heavy (non-hydrogen) atoms. The Morgan fingerprint density at radius 2 is 2.04 bits per heavy atom. The first-order valence-electron chi connectivity index (χ1n) is 7.94. The van der Waals surface area contributed by atoms with Gasteiger partial charge in [0.25, 0.3) is 0 Å². The number of amides is 1. The van der Waals surface area contributed by atoms with Crippen LogP contribution >= 0.6 is 11.8 Å². The molecule has 0 fully saturated rings. The molecule has 1 aromatic heterocycles. The highest BCUT2D eigenvalue weighted by Gasteiger charge is 2.18. The Kier molecular flexibility index (Phi) is 5.88. The van der Waals surface area contributed by atoms with Crippen LogP contribution in [0.5, 0.6) is 0 Å². The van der Waals surface area contributed by atoms with E-state index in [0.29, 0.717) is 12.5 Å². The van der Waals surface area contributed by atoms with Gasteiger partial charge in [-0.3, -0.25) is 9.36 Å². The number of benzene rings is 1. The summed E-state index contributed by atoms with van der Waals surface area (Å²) in [6.45, 7) is 11.0. The molecule has 2 rings (SSSR count). The number of carbonyl (C=O) groups is 1. The summed E-state index contributed by atoms with van der Waals surface area (Å²) >= 11 is 1.48. The van der Waals surface area contributed by atoms with Crippen molar-refractivity contribution in [1.29, 1.82) is 0 Å². The monoisotopic (exact) mass is 331 g/mol. The largest absolute Gasteiger partial charge is 0.355 e. The Morgan fingerprint density at radius 1 is 1.30 bits per heavy atom. The van der Waals surface area contributed by atoms with Crippen LogP contribution in [0.4, 0.5) is 0 Å². The minimum absolute atomic E-state index is 0.0545. The van der Waals surface area contributed by atoms with Crippen LogP contribution in [0, 0.1) is 19.8 Å². The maximum atomic E-state index is 12.2. The third kappa shape index (κ3) is 4.61. The van der Waals surface area contributed by atoms with Crippen molar-refractivity contribution >= 4 is 17.7 Å². The number of nitrogens with zero attached hydrogens (tertiary/aromatic N) is 2. The number of hydrogen-bond donors (Lipinski definition) is 1. The molecule has 4 nitrogen and oxygen atoms in total. The van der Waals surface area contributed by atoms with E-state index in [4.69, 9.17) is 0 Å². The summed E-state index contributed by atoms with van der Waals surface area (Å²) in [6.07, 6.45) is 3.72. The highest BCUT2D eigenvalue weighted by molar-refractivity contribution is 8.00. The zero-order chi connectivity index (χ0) is 17.0. The lowest BCUT2D eigenvalue weighted by Gasteiger charge is -2.15. The molecule has 1 heterocycles. The fourth-order valence-corrected chi connectivity index (χ4v) is 3.20. The van der Waals surface area contributed by atoms with Gasteiger partial charge >= 0.3 is 0 Å². The van der Waals surface area contributed by atoms with Gasteiger partial charge in [-0.05, 0) is 38.3 Å². The van der Waals surface area contributed by atoms with E-state index in [2.05, 4.69) is 56.2 Å². The fourth-order valence-electron chi connectivity index (χ4n) is 2.30. The number of imidazole rings is 1. The number of hydrogen-bond acceptors (Lipinski definition) is 3. The molecule has 0 saturated heterocycles. The normalized spacial score (nSPS) is 12.4. The number of thioether (sulfide) groups is 1. The quantitative estimate of drug-likeness (QED) is 0.820. The SMILES string of the molecule is Cc1ccc(-n2ccnc2SC(C)C(=O)NCC(C)C)c(C)c1. The Bertz CT molecular complexity index is 679. The summed E-state index contributed by atoms with van der Waals surface area (Å²) in [4.78, 5) is 16.6. The molecule has 1 atom stereocenters. The van der Waals surface area contributed by atoms with Gasteiger partial charge in [-0.25, -0.2) is 4.98 Å². The molecule has 0 aliphatic rings. The zero-order valence-electron chi connectivity index (χ0n) is 14.5. The predicted molar refractivity (Wildman–Crippen MR) is 96.2 cm³/mol. The molecule has 0 aliphatic heterocycles. The van der Waals surface area contributed by atoms with Crippen LogP contribution in [-0.2, 0) is 4.79 Å². The average Bonchev–Trinajstić information content (AvgIpc) is 2.92. The summed E-state index contributed by atoms with van der Waals surface area (Å²) in [6, 6.07) is 6.35. The van der Waals surface area contributed by atoms with E-state index in [0.717, 1.165) is 10.8 Å². The van der Waals surface area contributed by atoms with Crippen LogP contribution in [-0.4, -0.2) is 27.3 Å². The smallest absolute Gasteiger partial charge is 0.233 e. The van der Waals surface area contributed by atoms with Crippen molar-refractivity contribution < 1.29 is 4.79 Å². The van der Waals surface area contributed by atoms with Gasteiger partial charge in [-0.1, -0.05) is 43.3 Å². The number of aromatic nitrogens is 2. The Morgan fingerprint density at radius 3 is 2.70 bits per heavy atom. The van der Waals surface area contributed by atoms with Crippen LogP contribution < -0.4 is 5.32 Å². The van der Waals surface area contributed by atoms with E-state index in [-0.39, 0.29) is 11.2 Å². The average molecular weight is 331 g/mol. The second-order valence-electron chi connectivity index (χ2n) is 6.27. The molecule has 2 aromatic rings. The Labute approximate surface area is 142 Å². The van der Waals surface area contributed by atoms with Crippen molar-refractivity contribution in [3.63, 3.8) is 0 Å². The topological polar surface area (TPSA) is 46.9 Å². The summed E-state index contributed by atoms with van der Waals surface area (Å²) in [7, 11) is 0. The van der Waals surface area contributed by atoms with E-state index in [1.165, 1.54) is 22.9 Å². The molecular formula is C18H25N3OS. The fraction of sp³-hybridized carbons (Fsp3) is 0.444. The van der Waals surface area contributed by atoms with E-state index in [1.54, 1.807) is 6.20 Å². The van der Waals surface area contributed by atoms with Crippen molar-refractivity contribution in [3.05, 3.63) is 41.7 Å². The van der Waals surface area contributed by atoms with Gasteiger partial charge in [0.2, 0.25) is 5.91 Å². The molecule has 1 unspecified atom stereocenters. The first-order chi connectivity index (χ1) is 10.9. The van der Waals surface area contributed by atoms with E-state index >= 15 is 0 Å². The molecule has 0 saturated carbocycles. The van der Waals surface area contributed by atoms with Gasteiger partial charge in [0, 0.05) is 18.9 Å². The number of nitrogens with one attached hydrogen (secondary N) is 1. The summed E-state index contributed by atoms with van der Waals surface area (Å²) in [5, 5.41) is 3.63. The first kappa shape index (κ1) is 17.6. The van der Waals surface area contributed by atoms with Crippen molar-refractivity contribution in [3.8, 4) is 5.69 Å². The molecule has 0 bridgehead atoms. The lowest BCUT2D eigenvalue weighted by atomic mass is 10.1. The Balaban J connectivity index is 2.13. The van der Waals surface area contributed by atoms with Crippen molar-refractivity contribution in [2.75, 3.05) is 6.54 Å². The van der Waals surface area contributed by atoms with Gasteiger partial charge in [0.1, 0.15) is 0 Å². The van der Waals surface area contributed by atoms with Crippen molar-refractivity contribution in [1.82, 2.24) is 14.9 Å². The third-order valence-corrected chi connectivity index (χ3v) is 4.64. The zero-order valence-corrected chi connectivity index (χ0v) is 15.3. The predicted octanol–water partition coefficient (Wildman–Crippen LogP) is 3.74. The van der Waals surface area contributed by atoms with Crippen LogP contribution in [0.1, 0.15) is 31.9 Å². The van der Waals surface area contributed by atoms with Crippen LogP contribution in [0.2, 0.25) is 0 Å². The van der Waals surface area contributed by atoms with Crippen LogP contribution in [0.3, 0.4) is 0 Å². The van der Waals surface area contributed by atoms with Gasteiger partial charge in [0.05, 0.1) is 10.9 Å². The van der Waals surface area contributed by atoms with Crippen molar-refractivity contribution in [2.24, 2.45) is 5.92 Å². The highest BCUT2D eigenvalue weighted by atomic mass is 32.2. The maximum Gasteiger partial charge on any atom is 0.233 e. The van der Waals surface area contributed by atoms with Crippen LogP contribution in [0.15, 0.2) is 35.7 Å². The highest BCUT2D eigenvalue weighted by Crippen LogP contribution is 2.26. The van der Waals surface area contributed by atoms with E-state index in [1.807, 2.05) is 17.7 Å². The third-order valence-electron chi connectivity index (χ3n) is 3.55. The van der Waals surface area contributed by atoms with Gasteiger partial charge in [-0.15, -0.1) is 0 Å². The lowest BCUT2D eigenvalue weighted by molar-refractivity contribution is -0.120. The summed E-state index contributed by atoms with van der Waals surface area (Å²) in [5.41, 5.74) is 3.54. The molecule has 1 N–H and O–H groups in total. The molecule has 0 radical (unpaired) electrons. The van der Waals surface area contributed by atoms with E-state index < -0.39 is 0 Å². The molecule has 124 valence electrons. The Hall–Kier alpha value is -1.75. The molecular weight excluding hydrogens is 306 g/mol. The summed E-state index contributed by atoms with van der Waals surface area (Å²) in [5.74, 6) is 0.507. The molecule has 1 amide bonds. The molecule has 0 spiro atoms. The van der Waals surface area contributed by atoms with Gasteiger partial charge in [-0.2, -0.15) is 0 Å². The minimum Gasteiger partial charge on any atom is -0.355 e.